The van der Waals surface area contributed by atoms with Crippen molar-refractivity contribution >= 4 is 39.1 Å². The van der Waals surface area contributed by atoms with Crippen molar-refractivity contribution in [3.05, 3.63) is 58.6 Å². The predicted octanol–water partition coefficient (Wildman–Crippen LogP) is 3.30. The first-order valence-corrected chi connectivity index (χ1v) is 6.58. The number of amides is 2. The van der Waals surface area contributed by atoms with E-state index in [1.165, 1.54) is 0 Å². The number of carbonyl (C=O) groups excluding carboxylic acids is 2. The average molecular weight is 355 g/mol. The number of benzene rings is 2. The number of halogens is 3. The lowest BCUT2D eigenvalue weighted by Gasteiger charge is -2.07. The van der Waals surface area contributed by atoms with Crippen LogP contribution in [0.4, 0.5) is 20.2 Å². The normalized spacial score (nSPS) is 10.0. The molecule has 0 spiro atoms. The van der Waals surface area contributed by atoms with Crippen LogP contribution in [0, 0.1) is 11.6 Å². The summed E-state index contributed by atoms with van der Waals surface area (Å²) < 4.78 is 26.5. The van der Waals surface area contributed by atoms with Crippen LogP contribution in [0.3, 0.4) is 0 Å². The fourth-order valence-corrected chi connectivity index (χ4v) is 1.92. The summed E-state index contributed by atoms with van der Waals surface area (Å²) in [6, 6.07) is 9.47. The third-order valence-corrected chi connectivity index (χ3v) is 2.96. The zero-order valence-electron chi connectivity index (χ0n) is 10.5. The van der Waals surface area contributed by atoms with Gasteiger partial charge in [-0.25, -0.2) is 8.78 Å². The Morgan fingerprint density at radius 1 is 0.857 bits per heavy atom. The van der Waals surface area contributed by atoms with Crippen LogP contribution < -0.4 is 10.6 Å². The summed E-state index contributed by atoms with van der Waals surface area (Å²) in [6.45, 7) is 0. The van der Waals surface area contributed by atoms with E-state index >= 15 is 0 Å². The van der Waals surface area contributed by atoms with Crippen molar-refractivity contribution in [2.24, 2.45) is 0 Å². The van der Waals surface area contributed by atoms with Crippen LogP contribution in [0.2, 0.25) is 0 Å². The van der Waals surface area contributed by atoms with Gasteiger partial charge in [0.15, 0.2) is 11.6 Å². The van der Waals surface area contributed by atoms with Crippen LogP contribution in [-0.4, -0.2) is 11.8 Å². The van der Waals surface area contributed by atoms with Crippen molar-refractivity contribution in [1.82, 2.24) is 0 Å². The second-order valence-electron chi connectivity index (χ2n) is 4.05. The Morgan fingerprint density at radius 3 is 2.05 bits per heavy atom. The fraction of sp³-hybridized carbons (Fsp3) is 0. The largest absolute Gasteiger partial charge is 0.318 e. The van der Waals surface area contributed by atoms with Gasteiger partial charge in [0.1, 0.15) is 0 Å². The van der Waals surface area contributed by atoms with Gasteiger partial charge in [0.2, 0.25) is 0 Å². The number of nitrogens with one attached hydrogen (secondary N) is 2. The Kier molecular flexibility index (Phi) is 4.64. The number of rotatable bonds is 2. The predicted molar refractivity (Wildman–Crippen MR) is 77.8 cm³/mol. The minimum absolute atomic E-state index is 0.0108. The van der Waals surface area contributed by atoms with Crippen molar-refractivity contribution < 1.29 is 18.4 Å². The average Bonchev–Trinajstić information content (AvgIpc) is 2.43. The van der Waals surface area contributed by atoms with Gasteiger partial charge >= 0.3 is 11.8 Å². The second-order valence-corrected chi connectivity index (χ2v) is 4.96. The van der Waals surface area contributed by atoms with E-state index in [0.717, 1.165) is 22.7 Å². The van der Waals surface area contributed by atoms with Gasteiger partial charge in [-0.05, 0) is 30.3 Å². The third kappa shape index (κ3) is 4.09. The van der Waals surface area contributed by atoms with Gasteiger partial charge in [-0.2, -0.15) is 0 Å². The second kappa shape index (κ2) is 6.45. The van der Waals surface area contributed by atoms with Gasteiger partial charge in [-0.1, -0.05) is 22.0 Å². The van der Waals surface area contributed by atoms with E-state index in [2.05, 4.69) is 26.6 Å². The molecule has 4 nitrogen and oxygen atoms in total. The Balaban J connectivity index is 2.02. The monoisotopic (exact) mass is 354 g/mol. The highest BCUT2D eigenvalue weighted by molar-refractivity contribution is 9.10. The summed E-state index contributed by atoms with van der Waals surface area (Å²) in [5.41, 5.74) is 0.415. The standard InChI is InChI=1S/C14H9BrF2N2O2/c15-8-2-1-3-9(6-8)18-13(20)14(21)19-10-4-5-11(16)12(17)7-10/h1-7H,(H,18,20)(H,19,21). The molecule has 0 aliphatic heterocycles. The Bertz CT molecular complexity index is 707. The van der Waals surface area contributed by atoms with Crippen LogP contribution in [-0.2, 0) is 9.59 Å². The molecule has 0 heterocycles. The van der Waals surface area contributed by atoms with Crippen LogP contribution in [0.1, 0.15) is 0 Å². The molecule has 2 rings (SSSR count). The van der Waals surface area contributed by atoms with Gasteiger partial charge in [0.05, 0.1) is 0 Å². The van der Waals surface area contributed by atoms with Crippen molar-refractivity contribution in [2.45, 2.75) is 0 Å². The zero-order chi connectivity index (χ0) is 15.4. The summed E-state index contributed by atoms with van der Waals surface area (Å²) in [6.07, 6.45) is 0. The fourth-order valence-electron chi connectivity index (χ4n) is 1.52. The van der Waals surface area contributed by atoms with Crippen LogP contribution in [0.25, 0.3) is 0 Å². The third-order valence-electron chi connectivity index (χ3n) is 2.47. The van der Waals surface area contributed by atoms with E-state index in [1.807, 2.05) is 0 Å². The number of carbonyl (C=O) groups is 2. The Morgan fingerprint density at radius 2 is 1.48 bits per heavy atom. The number of hydrogen-bond donors (Lipinski definition) is 2. The van der Waals surface area contributed by atoms with E-state index in [1.54, 1.807) is 24.3 Å². The van der Waals surface area contributed by atoms with Gasteiger partial charge in [-0.15, -0.1) is 0 Å². The van der Waals surface area contributed by atoms with E-state index < -0.39 is 23.4 Å². The van der Waals surface area contributed by atoms with Crippen molar-refractivity contribution in [3.8, 4) is 0 Å². The highest BCUT2D eigenvalue weighted by atomic mass is 79.9. The minimum atomic E-state index is -1.11. The molecule has 0 aliphatic rings. The summed E-state index contributed by atoms with van der Waals surface area (Å²) in [5, 5.41) is 4.56. The molecule has 2 aromatic rings. The number of hydrogen-bond acceptors (Lipinski definition) is 2. The molecule has 0 bridgehead atoms. The quantitative estimate of drug-likeness (QED) is 0.813. The van der Waals surface area contributed by atoms with Crippen molar-refractivity contribution in [2.75, 3.05) is 10.6 Å². The molecule has 0 atom stereocenters. The van der Waals surface area contributed by atoms with Crippen LogP contribution >= 0.6 is 15.9 Å². The van der Waals surface area contributed by atoms with Gasteiger partial charge in [0, 0.05) is 21.9 Å². The van der Waals surface area contributed by atoms with E-state index in [4.69, 9.17) is 0 Å². The maximum atomic E-state index is 13.0. The minimum Gasteiger partial charge on any atom is -0.318 e. The van der Waals surface area contributed by atoms with Crippen molar-refractivity contribution in [3.63, 3.8) is 0 Å². The summed E-state index contributed by atoms with van der Waals surface area (Å²) in [7, 11) is 0. The van der Waals surface area contributed by atoms with Crippen LogP contribution in [0.15, 0.2) is 46.9 Å². The highest BCUT2D eigenvalue weighted by Gasteiger charge is 2.15. The van der Waals surface area contributed by atoms with E-state index in [-0.39, 0.29) is 5.69 Å². The molecule has 2 amide bonds. The summed E-state index contributed by atoms with van der Waals surface area (Å²) >= 11 is 3.23. The maximum absolute atomic E-state index is 13.0. The molecular weight excluding hydrogens is 346 g/mol. The topological polar surface area (TPSA) is 58.2 Å². The molecular formula is C14H9BrF2N2O2. The molecule has 7 heteroatoms. The van der Waals surface area contributed by atoms with E-state index in [9.17, 15) is 18.4 Å². The molecule has 0 saturated carbocycles. The molecule has 2 N–H and O–H groups in total. The number of anilines is 2. The lowest BCUT2D eigenvalue weighted by atomic mass is 10.3. The lowest BCUT2D eigenvalue weighted by Crippen LogP contribution is -2.29. The van der Waals surface area contributed by atoms with Gasteiger partial charge in [-0.3, -0.25) is 9.59 Å². The van der Waals surface area contributed by atoms with Gasteiger partial charge in [0.25, 0.3) is 0 Å². The molecule has 0 unspecified atom stereocenters. The molecule has 2 aromatic carbocycles. The van der Waals surface area contributed by atoms with Crippen LogP contribution in [0.5, 0.6) is 0 Å². The molecule has 108 valence electrons. The first-order valence-electron chi connectivity index (χ1n) is 5.78. The summed E-state index contributed by atoms with van der Waals surface area (Å²) in [4.78, 5) is 23.3. The Hall–Kier alpha value is -2.28. The molecule has 0 fully saturated rings. The Labute approximate surface area is 127 Å². The first kappa shape index (κ1) is 15.1. The van der Waals surface area contributed by atoms with E-state index in [0.29, 0.717) is 5.69 Å². The molecule has 0 aromatic heterocycles. The SMILES string of the molecule is O=C(Nc1cccc(Br)c1)C(=O)Nc1ccc(F)c(F)c1. The van der Waals surface area contributed by atoms with Crippen molar-refractivity contribution in [1.29, 1.82) is 0 Å². The summed E-state index contributed by atoms with van der Waals surface area (Å²) in [5.74, 6) is -4.05. The maximum Gasteiger partial charge on any atom is 0.314 e. The molecule has 21 heavy (non-hydrogen) atoms. The lowest BCUT2D eigenvalue weighted by molar-refractivity contribution is -0.133. The first-order chi connectivity index (χ1) is 9.95. The highest BCUT2D eigenvalue weighted by Crippen LogP contribution is 2.16. The molecule has 0 radical (unpaired) electrons. The molecule has 0 aliphatic carbocycles. The van der Waals surface area contributed by atoms with Gasteiger partial charge < -0.3 is 10.6 Å². The smallest absolute Gasteiger partial charge is 0.314 e. The molecule has 0 saturated heterocycles. The zero-order valence-corrected chi connectivity index (χ0v) is 12.1.